The van der Waals surface area contributed by atoms with Crippen LogP contribution in [0.15, 0.2) is 96.5 Å². The van der Waals surface area contributed by atoms with Crippen molar-refractivity contribution in [3.05, 3.63) is 119 Å². The van der Waals surface area contributed by atoms with Crippen LogP contribution in [0, 0.1) is 23.7 Å². The van der Waals surface area contributed by atoms with Gasteiger partial charge in [0.05, 0.1) is 51.7 Å². The number of rotatable bonds is 17. The van der Waals surface area contributed by atoms with Gasteiger partial charge in [-0.15, -0.1) is 11.3 Å². The van der Waals surface area contributed by atoms with Crippen molar-refractivity contribution < 1.29 is 57.1 Å². The van der Waals surface area contributed by atoms with Gasteiger partial charge in [0.15, 0.2) is 5.11 Å². The van der Waals surface area contributed by atoms with E-state index in [2.05, 4.69) is 15.6 Å². The SMILES string of the molecule is Cc1ncsc1-c1ccc(CNC(=O)[C@@H]2C[C@@H](O)CN2C(=O)C(NC(=O)COC[C@@H](O)[C@H](O)COc2ccc(-c3ccc(N4C(=S)N(c5ccc(C#N)c(C(F)(F)F)c5)C(=O)C4(C)C)cc3)cc2)C(C)(C)C)cc1. The number of likely N-dealkylation sites (tertiary alicyclic amines) is 1. The maximum atomic E-state index is 14.0. The van der Waals surface area contributed by atoms with E-state index in [9.17, 15) is 52.9 Å². The van der Waals surface area contributed by atoms with Gasteiger partial charge in [-0.25, -0.2) is 4.98 Å². The molecule has 1 aromatic heterocycles. The quantitative estimate of drug-likeness (QED) is 0.0628. The number of alkyl halides is 3. The number of anilines is 2. The van der Waals surface area contributed by atoms with E-state index in [4.69, 9.17) is 21.7 Å². The molecule has 21 heteroatoms. The molecule has 5 aromatic rings. The number of benzene rings is 4. The number of amides is 4. The monoisotopic (exact) mass is 1060 g/mol. The van der Waals surface area contributed by atoms with Gasteiger partial charge in [-0.2, -0.15) is 18.4 Å². The van der Waals surface area contributed by atoms with Crippen molar-refractivity contribution in [2.24, 2.45) is 5.41 Å². The lowest BCUT2D eigenvalue weighted by Gasteiger charge is -2.35. The number of β-amino-alcohol motifs (C(OH)–C–C–N with tert-alkyl or cyclic N) is 1. The average molecular weight is 1060 g/mol. The summed E-state index contributed by atoms with van der Waals surface area (Å²) < 4.78 is 52.5. The molecule has 7 rings (SSSR count). The minimum atomic E-state index is -4.83. The van der Waals surface area contributed by atoms with E-state index in [-0.39, 0.29) is 36.9 Å². The lowest BCUT2D eigenvalue weighted by Crippen LogP contribution is -2.58. The van der Waals surface area contributed by atoms with Crippen LogP contribution >= 0.6 is 23.6 Å². The van der Waals surface area contributed by atoms with Gasteiger partial charge in [0.1, 0.15) is 48.8 Å². The Morgan fingerprint density at radius 1 is 0.932 bits per heavy atom. The molecule has 2 aliphatic heterocycles. The van der Waals surface area contributed by atoms with E-state index in [1.54, 1.807) is 105 Å². The van der Waals surface area contributed by atoms with Crippen molar-refractivity contribution in [2.75, 3.05) is 36.2 Å². The summed E-state index contributed by atoms with van der Waals surface area (Å²) in [6, 6.07) is 24.0. The van der Waals surface area contributed by atoms with Crippen LogP contribution in [0.3, 0.4) is 0 Å². The summed E-state index contributed by atoms with van der Waals surface area (Å²) in [5.74, 6) is -1.86. The molecule has 5 atom stereocenters. The van der Waals surface area contributed by atoms with E-state index in [0.29, 0.717) is 11.4 Å². The fraction of sp³-hybridized carbons (Fsp3) is 0.377. The molecule has 16 nitrogen and oxygen atoms in total. The molecule has 2 aliphatic rings. The second kappa shape index (κ2) is 22.4. The lowest BCUT2D eigenvalue weighted by molar-refractivity contribution is -0.145. The van der Waals surface area contributed by atoms with Crippen LogP contribution in [0.25, 0.3) is 21.6 Å². The van der Waals surface area contributed by atoms with Crippen molar-refractivity contribution in [3.63, 3.8) is 0 Å². The molecule has 0 radical (unpaired) electrons. The average Bonchev–Trinajstić information content (AvgIpc) is 4.03. The minimum absolute atomic E-state index is 0.0233. The number of nitrogens with one attached hydrogen (secondary N) is 2. The van der Waals surface area contributed by atoms with Crippen LogP contribution in [0.1, 0.15) is 63.4 Å². The highest BCUT2D eigenvalue weighted by molar-refractivity contribution is 7.81. The number of carbonyl (C=O) groups is 4. The number of ether oxygens (including phenoxy) is 2. The van der Waals surface area contributed by atoms with E-state index < -0.39 is 95.5 Å². The topological polar surface area (TPSA) is 218 Å². The van der Waals surface area contributed by atoms with Crippen LogP contribution in [-0.2, 0) is 36.6 Å². The second-order valence-electron chi connectivity index (χ2n) is 19.6. The normalized spacial score (nSPS) is 18.0. The van der Waals surface area contributed by atoms with Gasteiger partial charge < -0.3 is 45.2 Å². The van der Waals surface area contributed by atoms with Crippen molar-refractivity contribution in [3.8, 4) is 33.4 Å². The van der Waals surface area contributed by atoms with Crippen molar-refractivity contribution >= 4 is 63.7 Å². The number of nitrogens with zero attached hydrogens (tertiary/aromatic N) is 5. The first-order valence-electron chi connectivity index (χ1n) is 23.5. The summed E-state index contributed by atoms with van der Waals surface area (Å²) >= 11 is 7.19. The first-order valence-corrected chi connectivity index (χ1v) is 24.8. The number of aryl methyl sites for hydroxylation is 1. The summed E-state index contributed by atoms with van der Waals surface area (Å²) in [5.41, 5.74) is 2.65. The number of thiocarbonyl (C=S) groups is 1. The van der Waals surface area contributed by atoms with Gasteiger partial charge in [0.2, 0.25) is 17.7 Å². The smallest absolute Gasteiger partial charge is 0.417 e. The first-order chi connectivity index (χ1) is 34.9. The Bertz CT molecular complexity index is 2920. The number of carbonyl (C=O) groups excluding carboxylic acids is 4. The summed E-state index contributed by atoms with van der Waals surface area (Å²) in [6.45, 7) is 9.15. The van der Waals surface area contributed by atoms with E-state index in [1.165, 1.54) is 17.0 Å². The van der Waals surface area contributed by atoms with Crippen molar-refractivity contribution in [2.45, 2.75) is 96.6 Å². The van der Waals surface area contributed by atoms with Gasteiger partial charge in [-0.3, -0.25) is 24.1 Å². The van der Waals surface area contributed by atoms with Crippen LogP contribution in [-0.4, -0.2) is 116 Å². The zero-order chi connectivity index (χ0) is 53.9. The molecule has 0 saturated carbocycles. The third-order valence-electron chi connectivity index (χ3n) is 12.8. The molecule has 0 spiro atoms. The molecule has 74 heavy (non-hydrogen) atoms. The summed E-state index contributed by atoms with van der Waals surface area (Å²) in [4.78, 5) is 63.5. The predicted octanol–water partition coefficient (Wildman–Crippen LogP) is 6.52. The highest BCUT2D eigenvalue weighted by Crippen LogP contribution is 2.40. The summed E-state index contributed by atoms with van der Waals surface area (Å²) in [5, 5.41) is 46.6. The number of halogens is 3. The van der Waals surface area contributed by atoms with Crippen molar-refractivity contribution in [1.82, 2.24) is 20.5 Å². The molecule has 3 heterocycles. The largest absolute Gasteiger partial charge is 0.491 e. The van der Waals surface area contributed by atoms with Crippen LogP contribution in [0.5, 0.6) is 5.75 Å². The number of aromatic nitrogens is 1. The van der Waals surface area contributed by atoms with Crippen LogP contribution in [0.2, 0.25) is 0 Å². The summed E-state index contributed by atoms with van der Waals surface area (Å²) in [6.07, 6.45) is -8.63. The van der Waals surface area contributed by atoms with Crippen LogP contribution in [0.4, 0.5) is 24.5 Å². The zero-order valence-electron chi connectivity index (χ0n) is 41.3. The molecular weight excluding hydrogens is 1000 g/mol. The van der Waals surface area contributed by atoms with E-state index in [1.807, 2.05) is 31.2 Å². The van der Waals surface area contributed by atoms with Crippen LogP contribution < -0.4 is 25.2 Å². The molecule has 1 unspecified atom stereocenters. The second-order valence-corrected chi connectivity index (χ2v) is 20.9. The first kappa shape index (κ1) is 55.0. The Labute approximate surface area is 435 Å². The number of aliphatic hydroxyl groups excluding tert-OH is 3. The highest BCUT2D eigenvalue weighted by Gasteiger charge is 2.51. The third kappa shape index (κ3) is 12.2. The Kier molecular flexibility index (Phi) is 16.6. The zero-order valence-corrected chi connectivity index (χ0v) is 43.0. The maximum absolute atomic E-state index is 14.0. The number of thiazole rings is 1. The minimum Gasteiger partial charge on any atom is -0.491 e. The maximum Gasteiger partial charge on any atom is 0.417 e. The van der Waals surface area contributed by atoms with Gasteiger partial charge in [-0.05, 0) is 103 Å². The molecular formula is C53H56F3N7O9S2. The lowest BCUT2D eigenvalue weighted by atomic mass is 9.85. The Morgan fingerprint density at radius 2 is 1.54 bits per heavy atom. The van der Waals surface area contributed by atoms with E-state index in [0.717, 1.165) is 49.9 Å². The number of hydrogen-bond acceptors (Lipinski definition) is 13. The molecule has 5 N–H and O–H groups in total. The summed E-state index contributed by atoms with van der Waals surface area (Å²) in [7, 11) is 0. The standard InChI is InChI=1S/C53H56F3N7O9S2/c1-30-45(74-29-59-30)34-9-7-31(8-10-34)24-58-47(68)41-22-38(64)25-61(41)48(69)46(51(2,3)4)60-44(67)28-71-26-42(65)43(66)27-72-39-19-14-33(15-20-39)32-11-16-36(17-12-32)63-50(73)62(49(70)52(63,5)6)37-18-13-35(23-57)40(21-37)53(54,55)56/h7-21,29,38,41-43,46,64-66H,22,24-28H2,1-6H3,(H,58,68)(H,60,67)/t38-,41+,42-,43-,46?/m1/s1. The molecule has 2 saturated heterocycles. The van der Waals surface area contributed by atoms with Gasteiger partial charge in [0.25, 0.3) is 5.91 Å². The number of aliphatic hydroxyl groups is 3. The molecule has 390 valence electrons. The molecule has 4 aromatic carbocycles. The van der Waals surface area contributed by atoms with Gasteiger partial charge in [-0.1, -0.05) is 69.3 Å². The number of nitriles is 1. The van der Waals surface area contributed by atoms with Gasteiger partial charge >= 0.3 is 6.18 Å². The fourth-order valence-corrected chi connectivity index (χ4v) is 10.00. The molecule has 0 bridgehead atoms. The fourth-order valence-electron chi connectivity index (χ4n) is 8.67. The molecule has 2 fully saturated rings. The molecule has 0 aliphatic carbocycles. The number of hydrogen-bond donors (Lipinski definition) is 5. The van der Waals surface area contributed by atoms with Crippen molar-refractivity contribution in [1.29, 1.82) is 5.26 Å². The van der Waals surface area contributed by atoms with E-state index >= 15 is 0 Å². The predicted molar refractivity (Wildman–Crippen MR) is 275 cm³/mol. The Morgan fingerprint density at radius 3 is 2.14 bits per heavy atom. The Balaban J connectivity index is 0.870. The molecule has 4 amide bonds. The Hall–Kier alpha value is -6.80. The highest BCUT2D eigenvalue weighted by atomic mass is 32.1. The third-order valence-corrected chi connectivity index (χ3v) is 14.1. The van der Waals surface area contributed by atoms with Gasteiger partial charge in [0, 0.05) is 25.2 Å².